The van der Waals surface area contributed by atoms with Crippen molar-refractivity contribution >= 4 is 40.9 Å². The number of anilines is 1. The van der Waals surface area contributed by atoms with Crippen molar-refractivity contribution in [1.82, 2.24) is 0 Å². The number of benzene rings is 2. The first kappa shape index (κ1) is 19.3. The summed E-state index contributed by atoms with van der Waals surface area (Å²) >= 11 is 7.19. The highest BCUT2D eigenvalue weighted by Crippen LogP contribution is 2.25. The van der Waals surface area contributed by atoms with Crippen LogP contribution in [0.5, 0.6) is 0 Å². The summed E-state index contributed by atoms with van der Waals surface area (Å²) in [5, 5.41) is 2.97. The molecule has 0 spiro atoms. The van der Waals surface area contributed by atoms with Gasteiger partial charge in [-0.05, 0) is 56.7 Å². The van der Waals surface area contributed by atoms with Gasteiger partial charge in [-0.15, -0.1) is 11.8 Å². The second-order valence-electron chi connectivity index (χ2n) is 5.69. The van der Waals surface area contributed by atoms with Crippen LogP contribution in [0, 0.1) is 13.8 Å². The molecule has 4 nitrogen and oxygen atoms in total. The number of hydrogen-bond acceptors (Lipinski definition) is 4. The Morgan fingerprint density at radius 2 is 1.84 bits per heavy atom. The van der Waals surface area contributed by atoms with Crippen molar-refractivity contribution in [3.05, 3.63) is 58.6 Å². The lowest BCUT2D eigenvalue weighted by Gasteiger charge is -2.12. The Morgan fingerprint density at radius 1 is 1.16 bits per heavy atom. The SMILES string of the molecule is Cc1ccc(NC(=O)COC(=O)[C@H](C)Sc2ccc(Cl)cc2)c(C)c1. The summed E-state index contributed by atoms with van der Waals surface area (Å²) in [6.07, 6.45) is 0. The number of amides is 1. The van der Waals surface area contributed by atoms with E-state index in [4.69, 9.17) is 16.3 Å². The fourth-order valence-electron chi connectivity index (χ4n) is 2.16. The molecule has 0 aromatic heterocycles. The maximum absolute atomic E-state index is 12.0. The molecule has 2 aromatic rings. The van der Waals surface area contributed by atoms with Crippen LogP contribution in [0.15, 0.2) is 47.4 Å². The van der Waals surface area contributed by atoms with Crippen molar-refractivity contribution in [2.75, 3.05) is 11.9 Å². The molecule has 0 saturated heterocycles. The molecule has 2 rings (SSSR count). The third kappa shape index (κ3) is 6.11. The van der Waals surface area contributed by atoms with E-state index in [1.807, 2.05) is 44.2 Å². The molecule has 0 radical (unpaired) electrons. The summed E-state index contributed by atoms with van der Waals surface area (Å²) in [5.74, 6) is -0.792. The van der Waals surface area contributed by atoms with Gasteiger partial charge in [-0.1, -0.05) is 29.3 Å². The quantitative estimate of drug-likeness (QED) is 0.589. The highest BCUT2D eigenvalue weighted by Gasteiger charge is 2.17. The fourth-order valence-corrected chi connectivity index (χ4v) is 3.15. The van der Waals surface area contributed by atoms with Crippen molar-refractivity contribution in [3.8, 4) is 0 Å². The minimum absolute atomic E-state index is 0.308. The van der Waals surface area contributed by atoms with E-state index >= 15 is 0 Å². The Labute approximate surface area is 156 Å². The molecule has 1 N–H and O–H groups in total. The minimum atomic E-state index is -0.435. The zero-order valence-electron chi connectivity index (χ0n) is 14.3. The van der Waals surface area contributed by atoms with Gasteiger partial charge in [0.1, 0.15) is 5.25 Å². The number of carbonyl (C=O) groups excluding carboxylic acids is 2. The van der Waals surface area contributed by atoms with E-state index in [0.29, 0.717) is 5.02 Å². The van der Waals surface area contributed by atoms with Gasteiger partial charge in [0.05, 0.1) is 0 Å². The third-order valence-electron chi connectivity index (χ3n) is 3.46. The predicted molar refractivity (Wildman–Crippen MR) is 102 cm³/mol. The Morgan fingerprint density at radius 3 is 2.48 bits per heavy atom. The van der Waals surface area contributed by atoms with Crippen LogP contribution in [0.3, 0.4) is 0 Å². The van der Waals surface area contributed by atoms with Crippen molar-refractivity contribution in [3.63, 3.8) is 0 Å². The number of hydrogen-bond donors (Lipinski definition) is 1. The van der Waals surface area contributed by atoms with Crippen molar-refractivity contribution in [2.24, 2.45) is 0 Å². The van der Waals surface area contributed by atoms with Crippen molar-refractivity contribution in [1.29, 1.82) is 0 Å². The molecule has 0 fully saturated rings. The molecule has 2 aromatic carbocycles. The number of halogens is 1. The van der Waals surface area contributed by atoms with E-state index in [9.17, 15) is 9.59 Å². The monoisotopic (exact) mass is 377 g/mol. The van der Waals surface area contributed by atoms with Crippen LogP contribution in [-0.4, -0.2) is 23.7 Å². The topological polar surface area (TPSA) is 55.4 Å². The van der Waals surface area contributed by atoms with Crippen LogP contribution >= 0.6 is 23.4 Å². The lowest BCUT2D eigenvalue weighted by molar-refractivity contribution is -0.146. The highest BCUT2D eigenvalue weighted by atomic mass is 35.5. The molecule has 0 bridgehead atoms. The second-order valence-corrected chi connectivity index (χ2v) is 7.54. The number of thioether (sulfide) groups is 1. The summed E-state index contributed by atoms with van der Waals surface area (Å²) in [6, 6.07) is 12.9. The minimum Gasteiger partial charge on any atom is -0.455 e. The molecule has 0 aliphatic heterocycles. The van der Waals surface area contributed by atoms with Gasteiger partial charge in [0, 0.05) is 15.6 Å². The lowest BCUT2D eigenvalue weighted by Crippen LogP contribution is -2.25. The normalized spacial score (nSPS) is 11.7. The Balaban J connectivity index is 1.82. The van der Waals surface area contributed by atoms with Gasteiger partial charge in [-0.3, -0.25) is 9.59 Å². The number of ether oxygens (including phenoxy) is 1. The maximum Gasteiger partial charge on any atom is 0.319 e. The molecule has 0 aliphatic rings. The standard InChI is InChI=1S/C19H20ClNO3S/c1-12-4-9-17(13(2)10-12)21-18(22)11-24-19(23)14(3)25-16-7-5-15(20)6-8-16/h4-10,14H,11H2,1-3H3,(H,21,22)/t14-/m0/s1. The summed E-state index contributed by atoms with van der Waals surface area (Å²) in [6.45, 7) is 5.33. The molecule has 25 heavy (non-hydrogen) atoms. The second kappa shape index (κ2) is 8.92. The average molecular weight is 378 g/mol. The van der Waals surface area contributed by atoms with E-state index in [1.54, 1.807) is 19.1 Å². The predicted octanol–water partition coefficient (Wildman–Crippen LogP) is 4.62. The first-order valence-corrected chi connectivity index (χ1v) is 9.07. The summed E-state index contributed by atoms with van der Waals surface area (Å²) in [7, 11) is 0. The van der Waals surface area contributed by atoms with E-state index in [2.05, 4.69) is 5.32 Å². The van der Waals surface area contributed by atoms with Crippen LogP contribution in [0.25, 0.3) is 0 Å². The molecule has 0 unspecified atom stereocenters. The van der Waals surface area contributed by atoms with E-state index in [1.165, 1.54) is 11.8 Å². The van der Waals surface area contributed by atoms with Crippen molar-refractivity contribution < 1.29 is 14.3 Å². The van der Waals surface area contributed by atoms with Crippen LogP contribution in [0.1, 0.15) is 18.1 Å². The van der Waals surface area contributed by atoms with Crippen LogP contribution in [-0.2, 0) is 14.3 Å². The van der Waals surface area contributed by atoms with Crippen LogP contribution in [0.2, 0.25) is 5.02 Å². The lowest BCUT2D eigenvalue weighted by atomic mass is 10.1. The van der Waals surface area contributed by atoms with E-state index in [0.717, 1.165) is 21.7 Å². The van der Waals surface area contributed by atoms with Gasteiger partial charge in [0.15, 0.2) is 6.61 Å². The Bertz CT molecular complexity index is 762. The highest BCUT2D eigenvalue weighted by molar-refractivity contribution is 8.00. The molecular weight excluding hydrogens is 358 g/mol. The number of aryl methyl sites for hydroxylation is 2. The number of esters is 1. The molecule has 6 heteroatoms. The molecule has 1 atom stereocenters. The smallest absolute Gasteiger partial charge is 0.319 e. The third-order valence-corrected chi connectivity index (χ3v) is 4.80. The summed E-state index contributed by atoms with van der Waals surface area (Å²) in [5.41, 5.74) is 2.80. The average Bonchev–Trinajstić information content (AvgIpc) is 2.57. The molecule has 0 heterocycles. The molecule has 132 valence electrons. The van der Waals surface area contributed by atoms with Crippen molar-refractivity contribution in [2.45, 2.75) is 30.9 Å². The largest absolute Gasteiger partial charge is 0.455 e. The van der Waals surface area contributed by atoms with Gasteiger partial charge in [-0.25, -0.2) is 0 Å². The number of nitrogens with one attached hydrogen (secondary N) is 1. The Kier molecular flexibility index (Phi) is 6.91. The molecular formula is C19H20ClNO3S. The zero-order chi connectivity index (χ0) is 18.4. The van der Waals surface area contributed by atoms with Gasteiger partial charge in [0.2, 0.25) is 0 Å². The molecule has 0 saturated carbocycles. The summed E-state index contributed by atoms with van der Waals surface area (Å²) in [4.78, 5) is 24.9. The maximum atomic E-state index is 12.0. The van der Waals surface area contributed by atoms with Gasteiger partial charge in [0.25, 0.3) is 5.91 Å². The van der Waals surface area contributed by atoms with Gasteiger partial charge >= 0.3 is 5.97 Å². The first-order chi connectivity index (χ1) is 11.8. The van der Waals surface area contributed by atoms with E-state index in [-0.39, 0.29) is 12.5 Å². The summed E-state index contributed by atoms with van der Waals surface area (Å²) < 4.78 is 5.10. The van der Waals surface area contributed by atoms with Crippen LogP contribution in [0.4, 0.5) is 5.69 Å². The molecule has 1 amide bonds. The van der Waals surface area contributed by atoms with E-state index < -0.39 is 11.2 Å². The molecule has 0 aliphatic carbocycles. The number of carbonyl (C=O) groups is 2. The fraction of sp³-hybridized carbons (Fsp3) is 0.263. The zero-order valence-corrected chi connectivity index (χ0v) is 15.9. The van der Waals surface area contributed by atoms with Gasteiger partial charge < -0.3 is 10.1 Å². The number of rotatable bonds is 6. The van der Waals surface area contributed by atoms with Crippen LogP contribution < -0.4 is 5.32 Å². The van der Waals surface area contributed by atoms with Gasteiger partial charge in [-0.2, -0.15) is 0 Å². The first-order valence-electron chi connectivity index (χ1n) is 7.81. The Hall–Kier alpha value is -1.98.